The van der Waals surface area contributed by atoms with Crippen LogP contribution in [0, 0.1) is 6.92 Å². The highest BCUT2D eigenvalue weighted by Gasteiger charge is 2.08. The van der Waals surface area contributed by atoms with Crippen molar-refractivity contribution in [3.05, 3.63) is 28.8 Å². The van der Waals surface area contributed by atoms with Gasteiger partial charge in [0.05, 0.1) is 0 Å². The minimum Gasteiger partial charge on any atom is -0.328 e. The Morgan fingerprint density at radius 2 is 1.88 bits per heavy atom. The van der Waals surface area contributed by atoms with Gasteiger partial charge in [0, 0.05) is 10.9 Å². The van der Waals surface area contributed by atoms with Crippen molar-refractivity contribution in [3.8, 4) is 0 Å². The van der Waals surface area contributed by atoms with Crippen molar-refractivity contribution in [2.75, 3.05) is 0 Å². The first-order valence-corrected chi connectivity index (χ1v) is 6.94. The molecule has 0 aliphatic heterocycles. The molecule has 0 bridgehead atoms. The summed E-state index contributed by atoms with van der Waals surface area (Å²) in [6.45, 7) is 8.70. The van der Waals surface area contributed by atoms with Crippen LogP contribution in [0.15, 0.2) is 17.0 Å². The lowest BCUT2D eigenvalue weighted by atomic mass is 9.94. The van der Waals surface area contributed by atoms with E-state index in [2.05, 4.69) is 52.5 Å². The second-order valence-corrected chi connectivity index (χ2v) is 5.84. The van der Waals surface area contributed by atoms with Gasteiger partial charge >= 0.3 is 0 Å². The van der Waals surface area contributed by atoms with E-state index in [1.165, 1.54) is 16.7 Å². The fourth-order valence-corrected chi connectivity index (χ4v) is 2.45. The monoisotopic (exact) mass is 251 g/mol. The van der Waals surface area contributed by atoms with Crippen LogP contribution in [0.1, 0.15) is 56.2 Å². The van der Waals surface area contributed by atoms with E-state index >= 15 is 0 Å². The lowest BCUT2D eigenvalue weighted by Crippen LogP contribution is -2.14. The molecule has 2 heteroatoms. The average Bonchev–Trinajstić information content (AvgIpc) is 2.22. The maximum Gasteiger partial charge on any atom is 0.00748 e. The molecule has 1 aromatic carbocycles. The van der Waals surface area contributed by atoms with Crippen LogP contribution in [0.4, 0.5) is 0 Å². The lowest BCUT2D eigenvalue weighted by molar-refractivity contribution is 0.623. The van der Waals surface area contributed by atoms with Crippen molar-refractivity contribution in [2.45, 2.75) is 63.8 Å². The van der Waals surface area contributed by atoms with Crippen molar-refractivity contribution in [2.24, 2.45) is 5.73 Å². The molecule has 1 aromatic rings. The van der Waals surface area contributed by atoms with Crippen LogP contribution in [-0.4, -0.2) is 6.04 Å². The van der Waals surface area contributed by atoms with Crippen LogP contribution < -0.4 is 5.73 Å². The van der Waals surface area contributed by atoms with Gasteiger partial charge in [-0.05, 0) is 61.8 Å². The van der Waals surface area contributed by atoms with E-state index in [1.54, 1.807) is 0 Å². The summed E-state index contributed by atoms with van der Waals surface area (Å²) in [7, 11) is 0. The first-order chi connectivity index (χ1) is 7.91. The van der Waals surface area contributed by atoms with Crippen LogP contribution in [-0.2, 0) is 6.42 Å². The van der Waals surface area contributed by atoms with Crippen LogP contribution in [0.3, 0.4) is 0 Å². The summed E-state index contributed by atoms with van der Waals surface area (Å²) < 4.78 is 0. The zero-order chi connectivity index (χ0) is 13.0. The largest absolute Gasteiger partial charge is 0.328 e. The average molecular weight is 251 g/mol. The second kappa shape index (κ2) is 6.46. The zero-order valence-corrected chi connectivity index (χ0v) is 12.3. The molecule has 0 saturated heterocycles. The molecule has 17 heavy (non-hydrogen) atoms. The standard InChI is InChI=1S/C15H25NS/c1-10(2)14-8-13(7-5-6-11(3)16)9-15(17)12(14)4/h8-11,17H,5-7,16H2,1-4H3. The van der Waals surface area contributed by atoms with E-state index in [0.29, 0.717) is 12.0 Å². The van der Waals surface area contributed by atoms with Gasteiger partial charge in [-0.2, -0.15) is 0 Å². The van der Waals surface area contributed by atoms with E-state index in [-0.39, 0.29) is 0 Å². The number of benzene rings is 1. The van der Waals surface area contributed by atoms with E-state index in [0.717, 1.165) is 24.2 Å². The third-order valence-corrected chi connectivity index (χ3v) is 3.69. The fraction of sp³-hybridized carbons (Fsp3) is 0.600. The lowest BCUT2D eigenvalue weighted by Gasteiger charge is -2.15. The first-order valence-electron chi connectivity index (χ1n) is 6.49. The summed E-state index contributed by atoms with van der Waals surface area (Å²) in [6, 6.07) is 4.84. The van der Waals surface area contributed by atoms with Gasteiger partial charge in [0.2, 0.25) is 0 Å². The molecule has 0 spiro atoms. The van der Waals surface area contributed by atoms with Crippen LogP contribution in [0.2, 0.25) is 0 Å². The number of nitrogens with two attached hydrogens (primary N) is 1. The number of hydrogen-bond donors (Lipinski definition) is 2. The highest BCUT2D eigenvalue weighted by Crippen LogP contribution is 2.26. The molecule has 0 fully saturated rings. The summed E-state index contributed by atoms with van der Waals surface area (Å²) in [5, 5.41) is 0. The molecule has 1 rings (SSSR count). The summed E-state index contributed by atoms with van der Waals surface area (Å²) in [6.07, 6.45) is 3.35. The minimum atomic E-state index is 0.306. The quantitative estimate of drug-likeness (QED) is 0.758. The Bertz CT molecular complexity index is 369. The molecule has 96 valence electrons. The Hall–Kier alpha value is -0.470. The van der Waals surface area contributed by atoms with Gasteiger partial charge in [-0.25, -0.2) is 0 Å². The molecule has 0 radical (unpaired) electrons. The Kier molecular flexibility index (Phi) is 5.54. The van der Waals surface area contributed by atoms with Gasteiger partial charge in [0.25, 0.3) is 0 Å². The topological polar surface area (TPSA) is 26.0 Å². The molecule has 0 aromatic heterocycles. The highest BCUT2D eigenvalue weighted by molar-refractivity contribution is 7.80. The SMILES string of the molecule is Cc1c(S)cc(CCCC(C)N)cc1C(C)C. The number of aryl methyl sites for hydroxylation is 1. The van der Waals surface area contributed by atoms with Crippen LogP contribution in [0.25, 0.3) is 0 Å². The Morgan fingerprint density at radius 1 is 1.24 bits per heavy atom. The molecule has 1 atom stereocenters. The van der Waals surface area contributed by atoms with Crippen molar-refractivity contribution in [1.82, 2.24) is 0 Å². The van der Waals surface area contributed by atoms with Gasteiger partial charge in [-0.1, -0.05) is 19.9 Å². The minimum absolute atomic E-state index is 0.306. The van der Waals surface area contributed by atoms with E-state index in [1.807, 2.05) is 0 Å². The van der Waals surface area contributed by atoms with E-state index in [9.17, 15) is 0 Å². The highest BCUT2D eigenvalue weighted by atomic mass is 32.1. The summed E-state index contributed by atoms with van der Waals surface area (Å²) in [5.41, 5.74) is 9.91. The first kappa shape index (κ1) is 14.6. The van der Waals surface area contributed by atoms with Gasteiger partial charge in [0.15, 0.2) is 0 Å². The molecule has 0 heterocycles. The molecule has 0 saturated carbocycles. The zero-order valence-electron chi connectivity index (χ0n) is 11.5. The van der Waals surface area contributed by atoms with Crippen molar-refractivity contribution in [3.63, 3.8) is 0 Å². The third-order valence-electron chi connectivity index (χ3n) is 3.23. The molecule has 1 nitrogen and oxygen atoms in total. The van der Waals surface area contributed by atoms with Crippen LogP contribution >= 0.6 is 12.6 Å². The van der Waals surface area contributed by atoms with Gasteiger partial charge < -0.3 is 5.73 Å². The second-order valence-electron chi connectivity index (χ2n) is 5.35. The van der Waals surface area contributed by atoms with E-state index < -0.39 is 0 Å². The third kappa shape index (κ3) is 4.36. The smallest absolute Gasteiger partial charge is 0.00748 e. The molecular formula is C15H25NS. The van der Waals surface area contributed by atoms with Crippen molar-refractivity contribution >= 4 is 12.6 Å². The van der Waals surface area contributed by atoms with E-state index in [4.69, 9.17) is 5.73 Å². The predicted octanol–water partition coefficient (Wildman–Crippen LogP) is 4.08. The molecule has 0 aliphatic rings. The van der Waals surface area contributed by atoms with Crippen LogP contribution in [0.5, 0.6) is 0 Å². The summed E-state index contributed by atoms with van der Waals surface area (Å²) in [5.74, 6) is 0.564. The molecule has 0 aliphatic carbocycles. The van der Waals surface area contributed by atoms with Gasteiger partial charge in [-0.3, -0.25) is 0 Å². The Morgan fingerprint density at radius 3 is 2.41 bits per heavy atom. The number of rotatable bonds is 5. The maximum absolute atomic E-state index is 5.77. The number of hydrogen-bond acceptors (Lipinski definition) is 2. The normalized spacial score (nSPS) is 13.1. The molecule has 1 unspecified atom stereocenters. The number of thiol groups is 1. The fourth-order valence-electron chi connectivity index (χ4n) is 2.15. The predicted molar refractivity (Wildman–Crippen MR) is 79.1 cm³/mol. The Labute approximate surface area is 111 Å². The maximum atomic E-state index is 5.77. The van der Waals surface area contributed by atoms with Crippen molar-refractivity contribution in [1.29, 1.82) is 0 Å². The van der Waals surface area contributed by atoms with Crippen molar-refractivity contribution < 1.29 is 0 Å². The van der Waals surface area contributed by atoms with Gasteiger partial charge in [0.1, 0.15) is 0 Å². The summed E-state index contributed by atoms with van der Waals surface area (Å²) >= 11 is 4.57. The molecule has 2 N–H and O–H groups in total. The Balaban J connectivity index is 2.80. The molecular weight excluding hydrogens is 226 g/mol. The van der Waals surface area contributed by atoms with Gasteiger partial charge in [-0.15, -0.1) is 12.6 Å². The molecule has 0 amide bonds. The summed E-state index contributed by atoms with van der Waals surface area (Å²) in [4.78, 5) is 1.12.